The predicted molar refractivity (Wildman–Crippen MR) is 74.1 cm³/mol. The lowest BCUT2D eigenvalue weighted by molar-refractivity contribution is -0.149. The van der Waals surface area contributed by atoms with Gasteiger partial charge in [-0.25, -0.2) is 4.79 Å². The van der Waals surface area contributed by atoms with Gasteiger partial charge in [0, 0.05) is 19.9 Å². The van der Waals surface area contributed by atoms with Gasteiger partial charge in [-0.15, -0.1) is 0 Å². The maximum absolute atomic E-state index is 11.8. The molecule has 6 heteroatoms. The zero-order valence-corrected chi connectivity index (χ0v) is 12.2. The van der Waals surface area contributed by atoms with Crippen LogP contribution in [0.3, 0.4) is 0 Å². The molecule has 3 N–H and O–H groups in total. The summed E-state index contributed by atoms with van der Waals surface area (Å²) in [4.78, 5) is 34.1. The highest BCUT2D eigenvalue weighted by atomic mass is 16.4. The first-order valence-corrected chi connectivity index (χ1v) is 7.18. The molecule has 0 unspecified atom stereocenters. The molecule has 0 saturated heterocycles. The number of hydrogen-bond donors (Lipinski definition) is 3. The van der Waals surface area contributed by atoms with Crippen molar-refractivity contribution in [2.24, 2.45) is 5.92 Å². The van der Waals surface area contributed by atoms with Crippen molar-refractivity contribution in [3.05, 3.63) is 0 Å². The van der Waals surface area contributed by atoms with Gasteiger partial charge in [0.05, 0.1) is 0 Å². The largest absolute Gasteiger partial charge is 0.480 e. The number of amides is 2. The molecule has 0 aliphatic heterocycles. The molecule has 114 valence electrons. The first-order chi connectivity index (χ1) is 9.39. The van der Waals surface area contributed by atoms with Gasteiger partial charge in [0.2, 0.25) is 11.8 Å². The van der Waals surface area contributed by atoms with Crippen molar-refractivity contribution in [3.63, 3.8) is 0 Å². The van der Waals surface area contributed by atoms with Crippen molar-refractivity contribution < 1.29 is 19.5 Å². The summed E-state index contributed by atoms with van der Waals surface area (Å²) in [6.45, 7) is 3.71. The molecule has 2 amide bonds. The van der Waals surface area contributed by atoms with E-state index in [2.05, 4.69) is 17.6 Å². The summed E-state index contributed by atoms with van der Waals surface area (Å²) in [5, 5.41) is 14.6. The van der Waals surface area contributed by atoms with E-state index in [0.29, 0.717) is 18.8 Å². The number of carboxylic acid groups (broad SMARTS) is 1. The Morgan fingerprint density at radius 1 is 1.25 bits per heavy atom. The van der Waals surface area contributed by atoms with Crippen molar-refractivity contribution in [2.75, 3.05) is 6.54 Å². The Kier molecular flexibility index (Phi) is 5.98. The summed E-state index contributed by atoms with van der Waals surface area (Å²) in [7, 11) is 0. The zero-order chi connectivity index (χ0) is 15.2. The lowest BCUT2D eigenvalue weighted by Crippen LogP contribution is -2.56. The minimum Gasteiger partial charge on any atom is -0.480 e. The van der Waals surface area contributed by atoms with Crippen LogP contribution in [0.5, 0.6) is 0 Å². The molecule has 0 heterocycles. The van der Waals surface area contributed by atoms with E-state index in [1.807, 2.05) is 0 Å². The molecule has 0 aromatic heterocycles. The molecule has 1 aliphatic rings. The van der Waals surface area contributed by atoms with Crippen LogP contribution in [-0.2, 0) is 14.4 Å². The van der Waals surface area contributed by atoms with Crippen LogP contribution in [0, 0.1) is 5.92 Å². The van der Waals surface area contributed by atoms with Gasteiger partial charge >= 0.3 is 5.97 Å². The molecule has 0 spiro atoms. The third-order valence-electron chi connectivity index (χ3n) is 4.05. The monoisotopic (exact) mass is 284 g/mol. The van der Waals surface area contributed by atoms with Gasteiger partial charge in [-0.05, 0) is 31.6 Å². The average Bonchev–Trinajstić information content (AvgIpc) is 2.38. The summed E-state index contributed by atoms with van der Waals surface area (Å²) in [5.74, 6) is -0.927. The molecule has 1 fully saturated rings. The average molecular weight is 284 g/mol. The smallest absolute Gasteiger partial charge is 0.329 e. The summed E-state index contributed by atoms with van der Waals surface area (Å²) in [6.07, 6.45) is 3.76. The molecule has 0 radical (unpaired) electrons. The van der Waals surface area contributed by atoms with Gasteiger partial charge in [0.1, 0.15) is 5.54 Å². The van der Waals surface area contributed by atoms with Crippen LogP contribution < -0.4 is 10.6 Å². The van der Waals surface area contributed by atoms with Gasteiger partial charge in [0.15, 0.2) is 0 Å². The minimum absolute atomic E-state index is 0.103. The Labute approximate surface area is 119 Å². The minimum atomic E-state index is -1.13. The van der Waals surface area contributed by atoms with E-state index in [1.54, 1.807) is 0 Å². The van der Waals surface area contributed by atoms with E-state index in [-0.39, 0.29) is 24.8 Å². The quantitative estimate of drug-likeness (QED) is 0.679. The fraction of sp³-hybridized carbons (Fsp3) is 0.786. The Hall–Kier alpha value is -1.59. The molecule has 0 aromatic rings. The number of rotatable bonds is 6. The molecule has 0 atom stereocenters. The van der Waals surface area contributed by atoms with E-state index in [1.165, 1.54) is 6.92 Å². The molecule has 1 aliphatic carbocycles. The number of carboxylic acids is 1. The number of carbonyl (C=O) groups excluding carboxylic acids is 2. The van der Waals surface area contributed by atoms with Crippen molar-refractivity contribution in [1.29, 1.82) is 0 Å². The fourth-order valence-electron chi connectivity index (χ4n) is 2.65. The van der Waals surface area contributed by atoms with Crippen LogP contribution in [0.4, 0.5) is 0 Å². The van der Waals surface area contributed by atoms with Crippen molar-refractivity contribution in [1.82, 2.24) is 10.6 Å². The highest BCUT2D eigenvalue weighted by molar-refractivity contribution is 5.87. The van der Waals surface area contributed by atoms with Crippen molar-refractivity contribution in [2.45, 2.75) is 57.9 Å². The molecule has 1 rings (SSSR count). The third kappa shape index (κ3) is 4.51. The highest BCUT2D eigenvalue weighted by Gasteiger charge is 2.42. The van der Waals surface area contributed by atoms with E-state index in [4.69, 9.17) is 0 Å². The number of hydrogen-bond acceptors (Lipinski definition) is 3. The normalized spacial score (nSPS) is 25.8. The highest BCUT2D eigenvalue weighted by Crippen LogP contribution is 2.34. The van der Waals surface area contributed by atoms with Crippen LogP contribution >= 0.6 is 0 Å². The topological polar surface area (TPSA) is 95.5 Å². The molecule has 20 heavy (non-hydrogen) atoms. The second kappa shape index (κ2) is 7.26. The van der Waals surface area contributed by atoms with Gasteiger partial charge in [-0.2, -0.15) is 0 Å². The summed E-state index contributed by atoms with van der Waals surface area (Å²) >= 11 is 0. The molecular weight excluding hydrogens is 260 g/mol. The molecule has 0 aromatic carbocycles. The Morgan fingerprint density at radius 3 is 2.30 bits per heavy atom. The van der Waals surface area contributed by atoms with Gasteiger partial charge in [-0.3, -0.25) is 9.59 Å². The zero-order valence-electron chi connectivity index (χ0n) is 12.2. The van der Waals surface area contributed by atoms with E-state index in [9.17, 15) is 19.5 Å². The number of aliphatic carboxylic acids is 1. The maximum atomic E-state index is 11.8. The lowest BCUT2D eigenvalue weighted by Gasteiger charge is -2.37. The summed E-state index contributed by atoms with van der Waals surface area (Å²) in [5.41, 5.74) is -1.13. The van der Waals surface area contributed by atoms with Crippen LogP contribution in [0.15, 0.2) is 0 Å². The van der Waals surface area contributed by atoms with Crippen molar-refractivity contribution in [3.8, 4) is 0 Å². The van der Waals surface area contributed by atoms with Crippen LogP contribution in [-0.4, -0.2) is 35.0 Å². The van der Waals surface area contributed by atoms with Crippen molar-refractivity contribution >= 4 is 17.8 Å². The van der Waals surface area contributed by atoms with Gasteiger partial charge < -0.3 is 15.7 Å². The SMILES string of the molecule is CCC1CCC(NC(=O)CCNC(C)=O)(C(=O)O)CC1. The van der Waals surface area contributed by atoms with Crippen LogP contribution in [0.2, 0.25) is 0 Å². The first kappa shape index (κ1) is 16.5. The number of carbonyl (C=O) groups is 3. The van der Waals surface area contributed by atoms with E-state index < -0.39 is 11.5 Å². The number of nitrogens with one attached hydrogen (secondary N) is 2. The Bertz CT molecular complexity index is 373. The molecule has 6 nitrogen and oxygen atoms in total. The summed E-state index contributed by atoms with van der Waals surface area (Å²) in [6, 6.07) is 0. The maximum Gasteiger partial charge on any atom is 0.329 e. The molecular formula is C14H24N2O4. The molecule has 0 bridgehead atoms. The standard InChI is InChI=1S/C14H24N2O4/c1-3-11-4-7-14(8-5-11,13(19)20)16-12(18)6-9-15-10(2)17/h11H,3-9H2,1-2H3,(H,15,17)(H,16,18)(H,19,20). The second-order valence-electron chi connectivity index (χ2n) is 5.52. The Morgan fingerprint density at radius 2 is 1.85 bits per heavy atom. The van der Waals surface area contributed by atoms with Gasteiger partial charge in [0.25, 0.3) is 0 Å². The van der Waals surface area contributed by atoms with Gasteiger partial charge in [-0.1, -0.05) is 13.3 Å². The predicted octanol–water partition coefficient (Wildman–Crippen LogP) is 1.05. The Balaban J connectivity index is 2.53. The molecule has 1 saturated carbocycles. The van der Waals surface area contributed by atoms with Crippen LogP contribution in [0.1, 0.15) is 52.4 Å². The van der Waals surface area contributed by atoms with Crippen LogP contribution in [0.25, 0.3) is 0 Å². The van der Waals surface area contributed by atoms with E-state index in [0.717, 1.165) is 19.3 Å². The van der Waals surface area contributed by atoms with E-state index >= 15 is 0 Å². The second-order valence-corrected chi connectivity index (χ2v) is 5.52. The first-order valence-electron chi connectivity index (χ1n) is 7.18. The lowest BCUT2D eigenvalue weighted by atomic mass is 9.75. The fourth-order valence-corrected chi connectivity index (χ4v) is 2.65. The summed E-state index contributed by atoms with van der Waals surface area (Å²) < 4.78 is 0. The third-order valence-corrected chi connectivity index (χ3v) is 4.05.